The van der Waals surface area contributed by atoms with Gasteiger partial charge in [0.05, 0.1) is 10.5 Å². The van der Waals surface area contributed by atoms with Crippen molar-refractivity contribution >= 4 is 39.1 Å². The number of nitrogens with one attached hydrogen (secondary N) is 2. The van der Waals surface area contributed by atoms with E-state index < -0.39 is 16.7 Å². The zero-order valence-corrected chi connectivity index (χ0v) is 16.6. The summed E-state index contributed by atoms with van der Waals surface area (Å²) in [4.78, 5) is 37.5. The van der Waals surface area contributed by atoms with Crippen molar-refractivity contribution in [2.45, 2.75) is 19.3 Å². The highest BCUT2D eigenvalue weighted by Gasteiger charge is 2.23. The van der Waals surface area contributed by atoms with Gasteiger partial charge in [-0.15, -0.1) is 0 Å². The van der Waals surface area contributed by atoms with Crippen LogP contribution < -0.4 is 15.8 Å². The van der Waals surface area contributed by atoms with Crippen molar-refractivity contribution in [3.8, 4) is 0 Å². The monoisotopic (exact) mass is 446 g/mol. The van der Waals surface area contributed by atoms with Crippen LogP contribution in [0.25, 0.3) is 0 Å². The number of nitro groups is 1. The highest BCUT2D eigenvalue weighted by Crippen LogP contribution is 2.31. The zero-order chi connectivity index (χ0) is 20.1. The first-order valence-electron chi connectivity index (χ1n) is 8.86. The molecular weight excluding hydrogens is 428 g/mol. The number of benzene rings is 2. The molecule has 1 fully saturated rings. The second-order valence-electron chi connectivity index (χ2n) is 6.40. The summed E-state index contributed by atoms with van der Waals surface area (Å²) in [5, 5.41) is 11.5. The summed E-state index contributed by atoms with van der Waals surface area (Å²) in [6, 6.07) is 11.1. The van der Waals surface area contributed by atoms with Crippen molar-refractivity contribution in [3.63, 3.8) is 0 Å². The molecule has 28 heavy (non-hydrogen) atoms. The molecule has 0 unspecified atom stereocenters. The SMILES string of the molecule is O=C(NNC(=O)c1ccccc1Br)c1ccc(N2CCCCC2)c([N+](=O)[O-])c1. The summed E-state index contributed by atoms with van der Waals surface area (Å²) in [6.45, 7) is 1.52. The molecule has 9 heteroatoms. The summed E-state index contributed by atoms with van der Waals surface area (Å²) in [6.07, 6.45) is 3.09. The van der Waals surface area contributed by atoms with Crippen LogP contribution in [-0.2, 0) is 0 Å². The number of hydrazine groups is 1. The molecule has 3 rings (SSSR count). The minimum Gasteiger partial charge on any atom is -0.366 e. The molecule has 2 amide bonds. The van der Waals surface area contributed by atoms with E-state index >= 15 is 0 Å². The van der Waals surface area contributed by atoms with Crippen molar-refractivity contribution in [2.75, 3.05) is 18.0 Å². The third-order valence-electron chi connectivity index (χ3n) is 4.54. The number of piperidine rings is 1. The smallest absolute Gasteiger partial charge is 0.293 e. The predicted molar refractivity (Wildman–Crippen MR) is 108 cm³/mol. The fourth-order valence-electron chi connectivity index (χ4n) is 3.11. The van der Waals surface area contributed by atoms with Crippen molar-refractivity contribution in [1.29, 1.82) is 0 Å². The summed E-state index contributed by atoms with van der Waals surface area (Å²) >= 11 is 3.27. The third-order valence-corrected chi connectivity index (χ3v) is 5.23. The first kappa shape index (κ1) is 19.8. The number of hydrogen-bond acceptors (Lipinski definition) is 5. The first-order chi connectivity index (χ1) is 13.5. The topological polar surface area (TPSA) is 105 Å². The van der Waals surface area contributed by atoms with Crippen LogP contribution in [0.5, 0.6) is 0 Å². The van der Waals surface area contributed by atoms with Crippen LogP contribution in [0.4, 0.5) is 11.4 Å². The van der Waals surface area contributed by atoms with Gasteiger partial charge in [0.25, 0.3) is 17.5 Å². The summed E-state index contributed by atoms with van der Waals surface area (Å²) in [5.41, 5.74) is 5.46. The van der Waals surface area contributed by atoms with Crippen molar-refractivity contribution in [3.05, 3.63) is 68.2 Å². The van der Waals surface area contributed by atoms with Crippen LogP contribution in [0.15, 0.2) is 46.9 Å². The maximum absolute atomic E-state index is 12.4. The van der Waals surface area contributed by atoms with Crippen LogP contribution in [0, 0.1) is 10.1 Å². The van der Waals surface area contributed by atoms with E-state index in [-0.39, 0.29) is 11.3 Å². The molecule has 8 nitrogen and oxygen atoms in total. The normalized spacial score (nSPS) is 13.7. The van der Waals surface area contributed by atoms with E-state index in [9.17, 15) is 19.7 Å². The summed E-state index contributed by atoms with van der Waals surface area (Å²) in [7, 11) is 0. The highest BCUT2D eigenvalue weighted by atomic mass is 79.9. The number of amides is 2. The molecule has 0 aliphatic carbocycles. The molecule has 2 aromatic rings. The molecule has 0 radical (unpaired) electrons. The quantitative estimate of drug-likeness (QED) is 0.552. The molecule has 0 aromatic heterocycles. The Labute approximate surface area is 170 Å². The molecule has 1 aliphatic heterocycles. The van der Waals surface area contributed by atoms with Crippen molar-refractivity contribution in [1.82, 2.24) is 10.9 Å². The lowest BCUT2D eigenvalue weighted by atomic mass is 10.1. The summed E-state index contributed by atoms with van der Waals surface area (Å²) < 4.78 is 0.586. The Bertz CT molecular complexity index is 913. The van der Waals surface area contributed by atoms with Gasteiger partial charge in [-0.2, -0.15) is 0 Å². The molecule has 0 bridgehead atoms. The standard InChI is InChI=1S/C19H19BrN4O4/c20-15-7-3-2-6-14(15)19(26)22-21-18(25)13-8-9-16(17(12-13)24(27)28)23-10-4-1-5-11-23/h2-3,6-9,12H,1,4-5,10-11H2,(H,21,25)(H,22,26). The van der Waals surface area contributed by atoms with E-state index in [1.165, 1.54) is 12.1 Å². The average molecular weight is 447 g/mol. The lowest BCUT2D eigenvalue weighted by Crippen LogP contribution is -2.41. The number of halogens is 1. The fourth-order valence-corrected chi connectivity index (χ4v) is 3.58. The van der Waals surface area contributed by atoms with Crippen molar-refractivity contribution < 1.29 is 14.5 Å². The van der Waals surface area contributed by atoms with Gasteiger partial charge in [-0.1, -0.05) is 12.1 Å². The van der Waals surface area contributed by atoms with Crippen LogP contribution in [0.1, 0.15) is 40.0 Å². The van der Waals surface area contributed by atoms with Crippen LogP contribution >= 0.6 is 15.9 Å². The second kappa shape index (κ2) is 8.83. The maximum atomic E-state index is 12.4. The minimum absolute atomic E-state index is 0.0971. The Morgan fingerprint density at radius 1 is 1.00 bits per heavy atom. The Balaban J connectivity index is 1.73. The van der Waals surface area contributed by atoms with Crippen LogP contribution in [0.2, 0.25) is 0 Å². The van der Waals surface area contributed by atoms with E-state index in [0.29, 0.717) is 15.7 Å². The van der Waals surface area contributed by atoms with Gasteiger partial charge in [0.15, 0.2) is 0 Å². The van der Waals surface area contributed by atoms with E-state index in [4.69, 9.17) is 0 Å². The molecule has 0 saturated carbocycles. The van der Waals surface area contributed by atoms with Crippen LogP contribution in [-0.4, -0.2) is 29.8 Å². The predicted octanol–water partition coefficient (Wildman–Crippen LogP) is 3.42. The number of carbonyl (C=O) groups is 2. The highest BCUT2D eigenvalue weighted by molar-refractivity contribution is 9.10. The van der Waals surface area contributed by atoms with Gasteiger partial charge in [0.1, 0.15) is 5.69 Å². The number of rotatable bonds is 4. The Morgan fingerprint density at radius 3 is 2.36 bits per heavy atom. The molecule has 0 spiro atoms. The minimum atomic E-state index is -0.631. The molecule has 0 atom stereocenters. The number of hydrogen-bond donors (Lipinski definition) is 2. The van der Waals surface area contributed by atoms with Gasteiger partial charge >= 0.3 is 0 Å². The number of nitro benzene ring substituents is 1. The fraction of sp³-hybridized carbons (Fsp3) is 0.263. The van der Waals surface area contributed by atoms with Gasteiger partial charge in [0.2, 0.25) is 0 Å². The van der Waals surface area contributed by atoms with E-state index in [1.54, 1.807) is 30.3 Å². The lowest BCUT2D eigenvalue weighted by molar-refractivity contribution is -0.384. The van der Waals surface area contributed by atoms with Crippen molar-refractivity contribution in [2.24, 2.45) is 0 Å². The third kappa shape index (κ3) is 4.48. The molecule has 1 saturated heterocycles. The maximum Gasteiger partial charge on any atom is 0.293 e. The Morgan fingerprint density at radius 2 is 1.68 bits per heavy atom. The van der Waals surface area contributed by atoms with E-state index in [0.717, 1.165) is 32.4 Å². The molecular formula is C19H19BrN4O4. The van der Waals surface area contributed by atoms with Gasteiger partial charge in [0, 0.05) is 29.2 Å². The molecule has 2 N–H and O–H groups in total. The molecule has 1 heterocycles. The number of carbonyl (C=O) groups excluding carboxylic acids is 2. The second-order valence-corrected chi connectivity index (χ2v) is 7.25. The number of nitrogens with zero attached hydrogens (tertiary/aromatic N) is 2. The van der Waals surface area contributed by atoms with Gasteiger partial charge in [-0.3, -0.25) is 30.6 Å². The first-order valence-corrected chi connectivity index (χ1v) is 9.65. The summed E-state index contributed by atoms with van der Waals surface area (Å²) in [5.74, 6) is -1.13. The van der Waals surface area contributed by atoms with Gasteiger partial charge in [-0.05, 0) is 59.5 Å². The van der Waals surface area contributed by atoms with Gasteiger partial charge in [-0.25, -0.2) is 0 Å². The van der Waals surface area contributed by atoms with Crippen LogP contribution in [0.3, 0.4) is 0 Å². The average Bonchev–Trinajstić information content (AvgIpc) is 2.72. The largest absolute Gasteiger partial charge is 0.366 e. The Kier molecular flexibility index (Phi) is 6.25. The van der Waals surface area contributed by atoms with E-state index in [2.05, 4.69) is 26.8 Å². The molecule has 146 valence electrons. The lowest BCUT2D eigenvalue weighted by Gasteiger charge is -2.28. The van der Waals surface area contributed by atoms with Gasteiger partial charge < -0.3 is 4.90 Å². The number of anilines is 1. The molecule has 2 aromatic carbocycles. The molecule has 1 aliphatic rings. The zero-order valence-electron chi connectivity index (χ0n) is 15.0. The van der Waals surface area contributed by atoms with E-state index in [1.807, 2.05) is 4.90 Å². The Hall–Kier alpha value is -2.94.